The van der Waals surface area contributed by atoms with Gasteiger partial charge in [-0.2, -0.15) is 0 Å². The first-order valence-electron chi connectivity index (χ1n) is 16.2. The highest BCUT2D eigenvalue weighted by atomic mass is 31.2. The molecule has 0 N–H and O–H groups in total. The third-order valence-electron chi connectivity index (χ3n) is 8.60. The zero-order chi connectivity index (χ0) is 34.6. The van der Waals surface area contributed by atoms with Crippen molar-refractivity contribution in [3.05, 3.63) is 58.7 Å². The lowest BCUT2D eigenvalue weighted by Gasteiger charge is -2.34. The van der Waals surface area contributed by atoms with Gasteiger partial charge in [0.1, 0.15) is 11.5 Å². The molecule has 4 rings (SSSR count). The van der Waals surface area contributed by atoms with Crippen LogP contribution in [0.4, 0.5) is 0 Å². The lowest BCUT2D eigenvalue weighted by molar-refractivity contribution is 0.170. The van der Waals surface area contributed by atoms with Crippen LogP contribution in [0.2, 0.25) is 0 Å². The lowest BCUT2D eigenvalue weighted by atomic mass is 9.79. The zero-order valence-electron chi connectivity index (χ0n) is 30.8. The summed E-state index contributed by atoms with van der Waals surface area (Å²) in [5.74, 6) is 3.25. The molecule has 0 spiro atoms. The largest absolute Gasteiger partial charge is 0.496 e. The normalized spacial score (nSPS) is 14.0. The molecule has 1 aliphatic rings. The highest BCUT2D eigenvalue weighted by Crippen LogP contribution is 2.52. The van der Waals surface area contributed by atoms with Crippen molar-refractivity contribution in [2.75, 3.05) is 27.6 Å². The second-order valence-corrected chi connectivity index (χ2v) is 19.1. The number of ether oxygens (including phenoxy) is 5. The summed E-state index contributed by atoms with van der Waals surface area (Å²) in [6.45, 7) is 28.5. The summed E-state index contributed by atoms with van der Waals surface area (Å²) in [7, 11) is -0.188. The van der Waals surface area contributed by atoms with E-state index in [1.54, 1.807) is 14.2 Å². The molecule has 0 aliphatic carbocycles. The maximum atomic E-state index is 16.7. The SMILES string of the molecule is CCOc1cc(P(=O)(c2cc(C(C)(C)C)c(OC)c(C(C)(C)C)c2)c2cc(C(C)(C)C)c(OC)c(C(C)(C)C)c2)cc2c1OCO2. The quantitative estimate of drug-likeness (QED) is 0.239. The molecule has 0 unspecified atom stereocenters. The summed E-state index contributed by atoms with van der Waals surface area (Å²) in [6, 6.07) is 12.1. The van der Waals surface area contributed by atoms with Crippen LogP contribution in [0.1, 0.15) is 112 Å². The molecule has 1 heterocycles. The van der Waals surface area contributed by atoms with Gasteiger partial charge in [0.15, 0.2) is 18.6 Å². The first-order valence-corrected chi connectivity index (χ1v) is 17.9. The second kappa shape index (κ2) is 12.2. The molecule has 0 saturated carbocycles. The Morgan fingerprint density at radius 1 is 0.609 bits per heavy atom. The van der Waals surface area contributed by atoms with Crippen LogP contribution in [-0.4, -0.2) is 27.6 Å². The number of rotatable bonds is 7. The number of benzene rings is 3. The number of methoxy groups -OCH3 is 2. The third-order valence-corrected chi connectivity index (χ3v) is 11.6. The monoisotopic (exact) mass is 650 g/mol. The fraction of sp³-hybridized carbons (Fsp3) is 0.538. The molecular formula is C39H55O6P. The van der Waals surface area contributed by atoms with Crippen LogP contribution in [0.15, 0.2) is 36.4 Å². The average Bonchev–Trinajstić information content (AvgIpc) is 3.42. The van der Waals surface area contributed by atoms with E-state index in [1.807, 2.05) is 19.1 Å². The van der Waals surface area contributed by atoms with Gasteiger partial charge in [-0.1, -0.05) is 83.1 Å². The molecule has 46 heavy (non-hydrogen) atoms. The molecule has 3 aromatic rings. The molecule has 0 saturated heterocycles. The molecule has 0 fully saturated rings. The maximum absolute atomic E-state index is 16.7. The first kappa shape index (κ1) is 35.7. The molecule has 6 nitrogen and oxygen atoms in total. The summed E-state index contributed by atoms with van der Waals surface area (Å²) in [5, 5.41) is 2.08. The molecule has 252 valence electrons. The van der Waals surface area contributed by atoms with Gasteiger partial charge in [0, 0.05) is 38.2 Å². The zero-order valence-corrected chi connectivity index (χ0v) is 31.7. The van der Waals surface area contributed by atoms with Crippen molar-refractivity contribution in [2.24, 2.45) is 0 Å². The predicted octanol–water partition coefficient (Wildman–Crippen LogP) is 8.66. The molecule has 0 amide bonds. The van der Waals surface area contributed by atoms with Gasteiger partial charge in [-0.25, -0.2) is 0 Å². The Morgan fingerprint density at radius 3 is 1.30 bits per heavy atom. The summed E-state index contributed by atoms with van der Waals surface area (Å²) in [6.07, 6.45) is 0. The summed E-state index contributed by atoms with van der Waals surface area (Å²) >= 11 is 0. The summed E-state index contributed by atoms with van der Waals surface area (Å²) < 4.78 is 46.7. The Morgan fingerprint density at radius 2 is 0.978 bits per heavy atom. The van der Waals surface area contributed by atoms with Crippen LogP contribution in [0, 0.1) is 0 Å². The Labute approximate surface area is 277 Å². The number of fused-ring (bicyclic) bond motifs is 1. The number of hydrogen-bond donors (Lipinski definition) is 0. The van der Waals surface area contributed by atoms with Crippen LogP contribution in [0.5, 0.6) is 28.7 Å². The predicted molar refractivity (Wildman–Crippen MR) is 191 cm³/mol. The maximum Gasteiger partial charge on any atom is 0.231 e. The van der Waals surface area contributed by atoms with Gasteiger partial charge in [0.2, 0.25) is 12.5 Å². The topological polar surface area (TPSA) is 63.2 Å². The van der Waals surface area contributed by atoms with Crippen molar-refractivity contribution in [1.82, 2.24) is 0 Å². The molecule has 0 aromatic heterocycles. The van der Waals surface area contributed by atoms with Gasteiger partial charge >= 0.3 is 0 Å². The Kier molecular flexibility index (Phi) is 9.45. The highest BCUT2D eigenvalue weighted by Gasteiger charge is 2.40. The van der Waals surface area contributed by atoms with Gasteiger partial charge in [-0.3, -0.25) is 0 Å². The minimum Gasteiger partial charge on any atom is -0.496 e. The van der Waals surface area contributed by atoms with Gasteiger partial charge < -0.3 is 28.2 Å². The van der Waals surface area contributed by atoms with Crippen molar-refractivity contribution in [2.45, 2.75) is 112 Å². The first-order chi connectivity index (χ1) is 21.1. The van der Waals surface area contributed by atoms with E-state index in [2.05, 4.69) is 107 Å². The Balaban J connectivity index is 2.28. The molecule has 0 atom stereocenters. The van der Waals surface area contributed by atoms with E-state index in [1.165, 1.54) is 0 Å². The Hall–Kier alpha value is -3.11. The van der Waals surface area contributed by atoms with Crippen LogP contribution < -0.4 is 39.6 Å². The lowest BCUT2D eigenvalue weighted by Crippen LogP contribution is -2.31. The molecule has 0 radical (unpaired) electrons. The van der Waals surface area contributed by atoms with E-state index in [9.17, 15) is 0 Å². The fourth-order valence-electron chi connectivity index (χ4n) is 6.11. The van der Waals surface area contributed by atoms with E-state index >= 15 is 4.57 Å². The van der Waals surface area contributed by atoms with Crippen LogP contribution in [0.25, 0.3) is 0 Å². The standard InChI is InChI=1S/C39H55O6P/c1-16-43-31-21-26(22-32-35(31)45-23-44-32)46(40,24-17-27(36(2,3)4)33(41-14)28(18-24)37(5,6)7)25-19-29(38(8,9)10)34(42-15)30(20-25)39(11,12)13/h17-22H,16,23H2,1-15H3. The van der Waals surface area contributed by atoms with Crippen molar-refractivity contribution in [3.8, 4) is 28.7 Å². The van der Waals surface area contributed by atoms with Crippen LogP contribution >= 0.6 is 7.14 Å². The van der Waals surface area contributed by atoms with Crippen molar-refractivity contribution in [1.29, 1.82) is 0 Å². The van der Waals surface area contributed by atoms with E-state index in [0.717, 1.165) is 44.4 Å². The molecular weight excluding hydrogens is 595 g/mol. The van der Waals surface area contributed by atoms with Gasteiger partial charge in [0.25, 0.3) is 0 Å². The van der Waals surface area contributed by atoms with E-state index in [-0.39, 0.29) is 28.5 Å². The third kappa shape index (κ3) is 6.52. The van der Waals surface area contributed by atoms with Gasteiger partial charge in [0.05, 0.1) is 20.8 Å². The Bertz CT molecular complexity index is 1500. The summed E-state index contributed by atoms with van der Waals surface area (Å²) in [5.41, 5.74) is 2.87. The van der Waals surface area contributed by atoms with Crippen molar-refractivity contribution in [3.63, 3.8) is 0 Å². The molecule has 0 bridgehead atoms. The fourth-order valence-corrected chi connectivity index (χ4v) is 8.85. The second-order valence-electron chi connectivity index (χ2n) is 16.4. The molecule has 3 aromatic carbocycles. The van der Waals surface area contributed by atoms with E-state index in [4.69, 9.17) is 23.7 Å². The van der Waals surface area contributed by atoms with Crippen LogP contribution in [0.3, 0.4) is 0 Å². The van der Waals surface area contributed by atoms with Crippen molar-refractivity contribution >= 4 is 23.1 Å². The van der Waals surface area contributed by atoms with E-state index in [0.29, 0.717) is 29.2 Å². The van der Waals surface area contributed by atoms with E-state index < -0.39 is 7.14 Å². The van der Waals surface area contributed by atoms with Crippen LogP contribution in [-0.2, 0) is 26.2 Å². The van der Waals surface area contributed by atoms with Gasteiger partial charge in [-0.05, 0) is 65.0 Å². The van der Waals surface area contributed by atoms with Crippen molar-refractivity contribution < 1.29 is 28.2 Å². The smallest absolute Gasteiger partial charge is 0.231 e. The summed E-state index contributed by atoms with van der Waals surface area (Å²) in [4.78, 5) is 0. The molecule has 1 aliphatic heterocycles. The molecule has 7 heteroatoms. The minimum atomic E-state index is -3.63. The van der Waals surface area contributed by atoms with Gasteiger partial charge in [-0.15, -0.1) is 0 Å². The minimum absolute atomic E-state index is 0.0823. The highest BCUT2D eigenvalue weighted by molar-refractivity contribution is 7.85. The number of hydrogen-bond acceptors (Lipinski definition) is 6. The average molecular weight is 651 g/mol.